The molecule has 3 nitrogen and oxygen atoms in total. The summed E-state index contributed by atoms with van der Waals surface area (Å²) < 4.78 is 35.8. The predicted molar refractivity (Wildman–Crippen MR) is 91.8 cm³/mol. The summed E-state index contributed by atoms with van der Waals surface area (Å²) in [6, 6.07) is 9.43. The number of furan rings is 1. The minimum atomic E-state index is -2.39. The fraction of sp³-hybridized carbons (Fsp3) is 0.412. The Hall–Kier alpha value is -1.24. The second kappa shape index (κ2) is 8.23. The van der Waals surface area contributed by atoms with Crippen molar-refractivity contribution in [3.8, 4) is 5.75 Å². The van der Waals surface area contributed by atoms with E-state index in [2.05, 4.69) is 5.32 Å². The highest BCUT2D eigenvalue weighted by Gasteiger charge is 2.21. The van der Waals surface area contributed by atoms with Gasteiger partial charge in [-0.05, 0) is 31.0 Å². The van der Waals surface area contributed by atoms with E-state index in [0.717, 1.165) is 29.9 Å². The van der Waals surface area contributed by atoms with Crippen molar-refractivity contribution in [2.75, 3.05) is 6.61 Å². The van der Waals surface area contributed by atoms with Gasteiger partial charge in [-0.2, -0.15) is 8.78 Å². The summed E-state index contributed by atoms with van der Waals surface area (Å²) in [6.45, 7) is 1.17. The lowest BCUT2D eigenvalue weighted by Gasteiger charge is -2.18. The van der Waals surface area contributed by atoms with Crippen LogP contribution in [0.15, 0.2) is 34.7 Å². The normalized spacial score (nSPS) is 17.4. The van der Waals surface area contributed by atoms with Crippen LogP contribution < -0.4 is 10.1 Å². The standard InChI is InChI=1S/C17H18ClF2NO2S/c18-14-4-1-3-13-15(5-2-8-22-16(13)14)21-9-11-6-7-12(23-11)10-24-17(19)20/h1,3-4,6-7,15,17,21H,2,5,8-10H2/t15-/m1/s1. The van der Waals surface area contributed by atoms with Gasteiger partial charge in [0, 0.05) is 11.6 Å². The highest BCUT2D eigenvalue weighted by Crippen LogP contribution is 2.37. The van der Waals surface area contributed by atoms with E-state index in [1.54, 1.807) is 6.07 Å². The molecule has 1 aliphatic rings. The van der Waals surface area contributed by atoms with Gasteiger partial charge in [-0.15, -0.1) is 0 Å². The Morgan fingerprint density at radius 2 is 2.08 bits per heavy atom. The van der Waals surface area contributed by atoms with E-state index in [-0.39, 0.29) is 11.8 Å². The number of benzene rings is 1. The lowest BCUT2D eigenvalue weighted by Crippen LogP contribution is -2.20. The first kappa shape index (κ1) is 17.6. The van der Waals surface area contributed by atoms with Crippen molar-refractivity contribution in [3.05, 3.63) is 52.4 Å². The number of thioether (sulfide) groups is 1. The molecule has 3 rings (SSSR count). The van der Waals surface area contributed by atoms with Gasteiger partial charge in [0.25, 0.3) is 5.76 Å². The molecule has 0 radical (unpaired) electrons. The van der Waals surface area contributed by atoms with Crippen molar-refractivity contribution in [3.63, 3.8) is 0 Å². The number of rotatable bonds is 6. The van der Waals surface area contributed by atoms with Gasteiger partial charge >= 0.3 is 0 Å². The van der Waals surface area contributed by atoms with Crippen molar-refractivity contribution in [1.82, 2.24) is 5.32 Å². The van der Waals surface area contributed by atoms with E-state index >= 15 is 0 Å². The minimum Gasteiger partial charge on any atom is -0.492 e. The third kappa shape index (κ3) is 4.43. The van der Waals surface area contributed by atoms with Gasteiger partial charge in [-0.25, -0.2) is 0 Å². The average molecular weight is 374 g/mol. The van der Waals surface area contributed by atoms with E-state index in [1.165, 1.54) is 0 Å². The number of halogens is 3. The Morgan fingerprint density at radius 3 is 2.92 bits per heavy atom. The molecule has 0 aliphatic carbocycles. The first-order chi connectivity index (χ1) is 11.6. The number of fused-ring (bicyclic) bond motifs is 1. The van der Waals surface area contributed by atoms with Crippen LogP contribution in [0.5, 0.6) is 5.75 Å². The second-order valence-electron chi connectivity index (χ2n) is 5.52. The quantitative estimate of drug-likeness (QED) is 0.735. The Kier molecular flexibility index (Phi) is 6.03. The second-order valence-corrected chi connectivity index (χ2v) is 6.91. The maximum atomic E-state index is 12.2. The Labute approximate surface area is 148 Å². The number of hydrogen-bond donors (Lipinski definition) is 1. The van der Waals surface area contributed by atoms with Crippen LogP contribution in [0.3, 0.4) is 0 Å². The fourth-order valence-corrected chi connectivity index (χ4v) is 3.43. The van der Waals surface area contributed by atoms with Gasteiger partial charge in [0.2, 0.25) is 0 Å². The maximum absolute atomic E-state index is 12.2. The van der Waals surface area contributed by atoms with Crippen LogP contribution in [0.2, 0.25) is 5.02 Å². The molecule has 0 spiro atoms. The van der Waals surface area contributed by atoms with Gasteiger partial charge in [-0.1, -0.05) is 35.5 Å². The van der Waals surface area contributed by atoms with Crippen LogP contribution >= 0.6 is 23.4 Å². The van der Waals surface area contributed by atoms with Crippen molar-refractivity contribution in [2.45, 2.75) is 36.9 Å². The van der Waals surface area contributed by atoms with Crippen molar-refractivity contribution < 1.29 is 17.9 Å². The lowest BCUT2D eigenvalue weighted by atomic mass is 10.0. The Balaban J connectivity index is 1.64. The first-order valence-electron chi connectivity index (χ1n) is 7.75. The molecule has 0 amide bonds. The van der Waals surface area contributed by atoms with Crippen molar-refractivity contribution >= 4 is 23.4 Å². The number of alkyl halides is 2. The van der Waals surface area contributed by atoms with Crippen LogP contribution in [0.1, 0.15) is 36.0 Å². The molecule has 0 unspecified atom stereocenters. The summed E-state index contributed by atoms with van der Waals surface area (Å²) in [7, 11) is 0. The first-order valence-corrected chi connectivity index (χ1v) is 9.18. The number of hydrogen-bond acceptors (Lipinski definition) is 4. The van der Waals surface area contributed by atoms with Crippen molar-refractivity contribution in [2.24, 2.45) is 0 Å². The molecule has 130 valence electrons. The molecule has 1 aromatic carbocycles. The summed E-state index contributed by atoms with van der Waals surface area (Å²) >= 11 is 6.79. The van der Waals surface area contributed by atoms with Crippen molar-refractivity contribution in [1.29, 1.82) is 0 Å². The molecule has 1 aromatic heterocycles. The van der Waals surface area contributed by atoms with Gasteiger partial charge in [0.15, 0.2) is 0 Å². The largest absolute Gasteiger partial charge is 0.492 e. The zero-order valence-electron chi connectivity index (χ0n) is 12.9. The van der Waals surface area contributed by atoms with Gasteiger partial charge in [-0.3, -0.25) is 0 Å². The predicted octanol–water partition coefficient (Wildman–Crippen LogP) is 5.39. The molecular weight excluding hydrogens is 356 g/mol. The topological polar surface area (TPSA) is 34.4 Å². The summed E-state index contributed by atoms with van der Waals surface area (Å²) in [5, 5.41) is 4.07. The van der Waals surface area contributed by atoms with Gasteiger partial charge < -0.3 is 14.5 Å². The molecular formula is C17H18ClF2NO2S. The summed E-state index contributed by atoms with van der Waals surface area (Å²) in [5.41, 5.74) is 1.04. The molecule has 0 saturated carbocycles. The number of ether oxygens (including phenoxy) is 1. The maximum Gasteiger partial charge on any atom is 0.284 e. The Morgan fingerprint density at radius 1 is 1.25 bits per heavy atom. The highest BCUT2D eigenvalue weighted by atomic mass is 35.5. The smallest absolute Gasteiger partial charge is 0.284 e. The molecule has 1 N–H and O–H groups in total. The Bertz CT molecular complexity index is 680. The van der Waals surface area contributed by atoms with Crippen LogP contribution in [0.25, 0.3) is 0 Å². The van der Waals surface area contributed by atoms with Gasteiger partial charge in [0.05, 0.1) is 23.9 Å². The van der Waals surface area contributed by atoms with E-state index in [9.17, 15) is 8.78 Å². The zero-order valence-corrected chi connectivity index (χ0v) is 14.5. The third-order valence-electron chi connectivity index (χ3n) is 3.85. The summed E-state index contributed by atoms with van der Waals surface area (Å²) in [6.07, 6.45) is 1.86. The van der Waals surface area contributed by atoms with Crippen LogP contribution in [0, 0.1) is 0 Å². The number of nitrogens with one attached hydrogen (secondary N) is 1. The highest BCUT2D eigenvalue weighted by molar-refractivity contribution is 7.98. The van der Waals surface area contributed by atoms with E-state index < -0.39 is 5.76 Å². The van der Waals surface area contributed by atoms with Gasteiger partial charge in [0.1, 0.15) is 17.3 Å². The molecule has 2 aromatic rings. The summed E-state index contributed by atoms with van der Waals surface area (Å²) in [5.74, 6) is -0.183. The van der Waals surface area contributed by atoms with E-state index in [4.69, 9.17) is 20.8 Å². The lowest BCUT2D eigenvalue weighted by molar-refractivity contribution is 0.251. The molecule has 7 heteroatoms. The average Bonchev–Trinajstić information content (AvgIpc) is 2.91. The monoisotopic (exact) mass is 373 g/mol. The molecule has 24 heavy (non-hydrogen) atoms. The molecule has 2 heterocycles. The SMILES string of the molecule is FC(F)SCc1ccc(CN[C@@H]2CCCOc3c(Cl)cccc32)o1. The van der Waals surface area contributed by atoms with Crippen LogP contribution in [-0.2, 0) is 12.3 Å². The number of para-hydroxylation sites is 1. The van der Waals surface area contributed by atoms with Crippen LogP contribution in [0.4, 0.5) is 8.78 Å². The molecule has 1 aliphatic heterocycles. The molecule has 1 atom stereocenters. The third-order valence-corrected chi connectivity index (χ3v) is 4.85. The fourth-order valence-electron chi connectivity index (χ4n) is 2.75. The molecule has 0 bridgehead atoms. The van der Waals surface area contributed by atoms with E-state index in [1.807, 2.05) is 24.3 Å². The molecule has 0 fully saturated rings. The van der Waals surface area contributed by atoms with Crippen LogP contribution in [-0.4, -0.2) is 12.4 Å². The minimum absolute atomic E-state index is 0.116. The van der Waals surface area contributed by atoms with E-state index in [0.29, 0.717) is 35.7 Å². The molecule has 0 saturated heterocycles. The summed E-state index contributed by atoms with van der Waals surface area (Å²) in [4.78, 5) is 0. The zero-order chi connectivity index (χ0) is 16.9.